The molecule has 4 N–H and O–H groups in total. The van der Waals surface area contributed by atoms with Crippen LogP contribution >= 0.6 is 12.4 Å². The lowest BCUT2D eigenvalue weighted by molar-refractivity contribution is -0.123. The van der Waals surface area contributed by atoms with Crippen LogP contribution in [0.15, 0.2) is 54.6 Å². The van der Waals surface area contributed by atoms with Gasteiger partial charge in [0.05, 0.1) is 0 Å². The molecule has 0 aliphatic rings. The number of anilines is 1. The summed E-state index contributed by atoms with van der Waals surface area (Å²) in [6.45, 7) is 4.03. The quantitative estimate of drug-likeness (QED) is 0.690. The molecule has 0 spiro atoms. The molecule has 0 fully saturated rings. The summed E-state index contributed by atoms with van der Waals surface area (Å²) < 4.78 is 5.37. The van der Waals surface area contributed by atoms with Gasteiger partial charge >= 0.3 is 0 Å². The third-order valence-corrected chi connectivity index (χ3v) is 3.70. The number of rotatable bonds is 7. The zero-order valence-corrected chi connectivity index (χ0v) is 15.6. The van der Waals surface area contributed by atoms with Gasteiger partial charge in [0.2, 0.25) is 5.91 Å². The Kier molecular flexibility index (Phi) is 8.09. The number of ether oxygens (including phenoxy) is 1. The number of nitrogens with one attached hydrogen (secondary N) is 2. The van der Waals surface area contributed by atoms with Crippen molar-refractivity contribution >= 4 is 29.9 Å². The van der Waals surface area contributed by atoms with Crippen LogP contribution in [0.5, 0.6) is 5.75 Å². The molecule has 0 aromatic heterocycles. The van der Waals surface area contributed by atoms with E-state index in [1.54, 1.807) is 31.2 Å². The first-order valence-electron chi connectivity index (χ1n) is 8.09. The number of carbonyl (C=O) groups excluding carboxylic acids is 2. The Morgan fingerprint density at radius 3 is 2.27 bits per heavy atom. The number of nitrogens with two attached hydrogens (primary N) is 1. The Balaban J connectivity index is 0.00000338. The van der Waals surface area contributed by atoms with Crippen LogP contribution < -0.4 is 21.1 Å². The number of benzene rings is 2. The first-order chi connectivity index (χ1) is 11.9. The van der Waals surface area contributed by atoms with E-state index in [1.165, 1.54) is 0 Å². The zero-order chi connectivity index (χ0) is 18.3. The topological polar surface area (TPSA) is 93.5 Å². The lowest BCUT2D eigenvalue weighted by atomic mass is 9.92. The SMILES string of the molecule is CCNC(=O)COc1ccc(NC(=O)C(C)(N)c2ccccc2)cc1.Cl. The van der Waals surface area contributed by atoms with Crippen molar-refractivity contribution in [3.63, 3.8) is 0 Å². The summed E-state index contributed by atoms with van der Waals surface area (Å²) in [5.74, 6) is 0.0548. The number of hydrogen-bond acceptors (Lipinski definition) is 4. The van der Waals surface area contributed by atoms with Crippen molar-refractivity contribution in [2.45, 2.75) is 19.4 Å². The predicted molar refractivity (Wildman–Crippen MR) is 104 cm³/mol. The van der Waals surface area contributed by atoms with Crippen molar-refractivity contribution in [1.82, 2.24) is 5.32 Å². The average Bonchev–Trinajstić information content (AvgIpc) is 2.62. The largest absolute Gasteiger partial charge is 0.484 e. The second-order valence-corrected chi connectivity index (χ2v) is 5.79. The fourth-order valence-corrected chi connectivity index (χ4v) is 2.21. The van der Waals surface area contributed by atoms with Crippen molar-refractivity contribution in [1.29, 1.82) is 0 Å². The third-order valence-electron chi connectivity index (χ3n) is 3.70. The standard InChI is InChI=1S/C19H23N3O3.ClH/c1-3-21-17(23)13-25-16-11-9-15(10-12-16)22-18(24)19(2,20)14-7-5-4-6-8-14;/h4-12H,3,13,20H2,1-2H3,(H,21,23)(H,22,24);1H. The molecule has 6 nitrogen and oxygen atoms in total. The van der Waals surface area contributed by atoms with E-state index in [4.69, 9.17) is 10.5 Å². The first kappa shape index (κ1) is 21.5. The minimum atomic E-state index is -1.14. The Morgan fingerprint density at radius 2 is 1.69 bits per heavy atom. The van der Waals surface area contributed by atoms with E-state index < -0.39 is 5.54 Å². The molecular formula is C19H24ClN3O3. The third kappa shape index (κ3) is 5.75. The second kappa shape index (κ2) is 9.79. The molecule has 0 bridgehead atoms. The molecular weight excluding hydrogens is 354 g/mol. The molecule has 2 amide bonds. The maximum atomic E-state index is 12.5. The lowest BCUT2D eigenvalue weighted by Gasteiger charge is -2.24. The van der Waals surface area contributed by atoms with E-state index in [1.807, 2.05) is 37.3 Å². The molecule has 0 saturated carbocycles. The van der Waals surface area contributed by atoms with E-state index in [0.29, 0.717) is 18.0 Å². The van der Waals surface area contributed by atoms with Crippen LogP contribution in [0.25, 0.3) is 0 Å². The Bertz CT molecular complexity index is 719. The normalized spacial score (nSPS) is 12.3. The zero-order valence-electron chi connectivity index (χ0n) is 14.8. The highest BCUT2D eigenvalue weighted by Gasteiger charge is 2.30. The summed E-state index contributed by atoms with van der Waals surface area (Å²) in [6.07, 6.45) is 0. The minimum absolute atomic E-state index is 0. The van der Waals surface area contributed by atoms with Gasteiger partial charge in [-0.15, -0.1) is 12.4 Å². The van der Waals surface area contributed by atoms with Gasteiger partial charge in [-0.25, -0.2) is 0 Å². The fourth-order valence-electron chi connectivity index (χ4n) is 2.21. The van der Waals surface area contributed by atoms with Gasteiger partial charge < -0.3 is 21.1 Å². The molecule has 1 unspecified atom stereocenters. The van der Waals surface area contributed by atoms with Crippen LogP contribution in [0, 0.1) is 0 Å². The van der Waals surface area contributed by atoms with Crippen LogP contribution in [-0.2, 0) is 15.1 Å². The highest BCUT2D eigenvalue weighted by atomic mass is 35.5. The van der Waals surface area contributed by atoms with E-state index in [9.17, 15) is 9.59 Å². The molecule has 0 heterocycles. The molecule has 0 radical (unpaired) electrons. The Morgan fingerprint density at radius 1 is 1.08 bits per heavy atom. The molecule has 2 aromatic rings. The maximum Gasteiger partial charge on any atom is 0.257 e. The second-order valence-electron chi connectivity index (χ2n) is 5.79. The summed E-state index contributed by atoms with van der Waals surface area (Å²) in [6, 6.07) is 16.0. The van der Waals surface area contributed by atoms with Gasteiger partial charge in [-0.1, -0.05) is 30.3 Å². The van der Waals surface area contributed by atoms with Crippen molar-refractivity contribution in [2.75, 3.05) is 18.5 Å². The van der Waals surface area contributed by atoms with Crippen molar-refractivity contribution in [3.05, 3.63) is 60.2 Å². The summed E-state index contributed by atoms with van der Waals surface area (Å²) in [7, 11) is 0. The van der Waals surface area contributed by atoms with E-state index in [0.717, 1.165) is 5.56 Å². The van der Waals surface area contributed by atoms with Crippen LogP contribution in [-0.4, -0.2) is 25.0 Å². The van der Waals surface area contributed by atoms with E-state index >= 15 is 0 Å². The van der Waals surface area contributed by atoms with Gasteiger partial charge in [0.25, 0.3) is 5.91 Å². The summed E-state index contributed by atoms with van der Waals surface area (Å²) in [5, 5.41) is 5.44. The fraction of sp³-hybridized carbons (Fsp3) is 0.263. The van der Waals surface area contributed by atoms with E-state index in [-0.39, 0.29) is 30.8 Å². The molecule has 0 aliphatic heterocycles. The monoisotopic (exact) mass is 377 g/mol. The van der Waals surface area contributed by atoms with Crippen LogP contribution in [0.2, 0.25) is 0 Å². The molecule has 7 heteroatoms. The van der Waals surface area contributed by atoms with Gasteiger partial charge in [0, 0.05) is 12.2 Å². The lowest BCUT2D eigenvalue weighted by Crippen LogP contribution is -2.45. The summed E-state index contributed by atoms with van der Waals surface area (Å²) >= 11 is 0. The maximum absolute atomic E-state index is 12.5. The molecule has 1 atom stereocenters. The summed E-state index contributed by atoms with van der Waals surface area (Å²) in [4.78, 5) is 23.9. The number of amides is 2. The molecule has 2 rings (SSSR count). The molecule has 140 valence electrons. The smallest absolute Gasteiger partial charge is 0.257 e. The summed E-state index contributed by atoms with van der Waals surface area (Å²) in [5.41, 5.74) is 6.37. The molecule has 0 aliphatic carbocycles. The van der Waals surface area contributed by atoms with Crippen LogP contribution in [0.1, 0.15) is 19.4 Å². The molecule has 2 aromatic carbocycles. The number of hydrogen-bond donors (Lipinski definition) is 3. The minimum Gasteiger partial charge on any atom is -0.484 e. The highest BCUT2D eigenvalue weighted by molar-refractivity contribution is 5.98. The van der Waals surface area contributed by atoms with Gasteiger partial charge in [-0.05, 0) is 43.7 Å². The predicted octanol–water partition coefficient (Wildman–Crippen LogP) is 2.44. The molecule has 0 saturated heterocycles. The van der Waals surface area contributed by atoms with E-state index in [2.05, 4.69) is 10.6 Å². The van der Waals surface area contributed by atoms with Gasteiger partial charge in [0.1, 0.15) is 11.3 Å². The first-order valence-corrected chi connectivity index (χ1v) is 8.09. The van der Waals surface area contributed by atoms with Crippen LogP contribution in [0.4, 0.5) is 5.69 Å². The van der Waals surface area contributed by atoms with Crippen molar-refractivity contribution in [2.24, 2.45) is 5.73 Å². The molecule has 26 heavy (non-hydrogen) atoms. The van der Waals surface area contributed by atoms with Crippen molar-refractivity contribution < 1.29 is 14.3 Å². The van der Waals surface area contributed by atoms with Crippen LogP contribution in [0.3, 0.4) is 0 Å². The number of likely N-dealkylation sites (N-methyl/N-ethyl adjacent to an activating group) is 1. The van der Waals surface area contributed by atoms with Gasteiger partial charge in [0.15, 0.2) is 6.61 Å². The van der Waals surface area contributed by atoms with Crippen molar-refractivity contribution in [3.8, 4) is 5.75 Å². The van der Waals surface area contributed by atoms with Gasteiger partial charge in [-0.2, -0.15) is 0 Å². The average molecular weight is 378 g/mol. The number of carbonyl (C=O) groups is 2. The Labute approximate surface area is 159 Å². The van der Waals surface area contributed by atoms with Gasteiger partial charge in [-0.3, -0.25) is 9.59 Å². The number of halogens is 1. The highest BCUT2D eigenvalue weighted by Crippen LogP contribution is 2.21. The Hall–Kier alpha value is -2.57.